The first-order valence-corrected chi connectivity index (χ1v) is 21.7. The third kappa shape index (κ3) is 5.15. The van der Waals surface area contributed by atoms with Crippen molar-refractivity contribution in [1.82, 2.24) is 19.5 Å². The van der Waals surface area contributed by atoms with Gasteiger partial charge in [0, 0.05) is 43.9 Å². The largest absolute Gasteiger partial charge is 0.456 e. The van der Waals surface area contributed by atoms with E-state index >= 15 is 0 Å². The maximum atomic E-state index is 6.84. The van der Waals surface area contributed by atoms with Gasteiger partial charge in [0.25, 0.3) is 0 Å². The van der Waals surface area contributed by atoms with Crippen molar-refractivity contribution in [2.75, 3.05) is 0 Å². The van der Waals surface area contributed by atoms with Crippen LogP contribution in [0.4, 0.5) is 0 Å². The molecule has 3 heterocycles. The molecule has 11 aromatic carbocycles. The topological polar surface area (TPSA) is 56.7 Å². The van der Waals surface area contributed by atoms with Crippen LogP contribution in [-0.4, -0.2) is 19.5 Å². The lowest BCUT2D eigenvalue weighted by Gasteiger charge is -2.14. The molecule has 0 amide bonds. The van der Waals surface area contributed by atoms with Gasteiger partial charge in [-0.15, -0.1) is 0 Å². The molecule has 0 unspecified atom stereocenters. The van der Waals surface area contributed by atoms with E-state index in [1.165, 1.54) is 37.7 Å². The van der Waals surface area contributed by atoms with Crippen molar-refractivity contribution >= 4 is 97.6 Å². The molecule has 5 nitrogen and oxygen atoms in total. The average molecular weight is 815 g/mol. The highest BCUT2D eigenvalue weighted by Crippen LogP contribution is 2.45. The molecule has 14 aromatic rings. The Morgan fingerprint density at radius 3 is 1.77 bits per heavy atom. The first-order chi connectivity index (χ1) is 31.7. The molecule has 5 heteroatoms. The van der Waals surface area contributed by atoms with Gasteiger partial charge in [-0.3, -0.25) is 0 Å². The van der Waals surface area contributed by atoms with Crippen molar-refractivity contribution in [3.8, 4) is 39.9 Å². The molecular formula is C59H34N4O. The van der Waals surface area contributed by atoms with Crippen LogP contribution in [0, 0.1) is 0 Å². The summed E-state index contributed by atoms with van der Waals surface area (Å²) in [5.41, 5.74) is 7.71. The van der Waals surface area contributed by atoms with Gasteiger partial charge in [-0.05, 0) is 102 Å². The summed E-state index contributed by atoms with van der Waals surface area (Å²) in [7, 11) is 0. The molecule has 64 heavy (non-hydrogen) atoms. The SMILES string of the molecule is c1ccc(-c2nc(-c3cc4ccccc4c4ccccc34)nc(-c3c4ccccc4cc4oc5ccc(-n6c7cc8ccccc8cc7c7c8ccccc8ccc76)cc5c34)n2)cc1. The molecule has 14 rings (SSSR count). The van der Waals surface area contributed by atoms with Crippen LogP contribution < -0.4 is 0 Å². The highest BCUT2D eigenvalue weighted by atomic mass is 16.3. The second-order valence-electron chi connectivity index (χ2n) is 16.7. The molecule has 296 valence electrons. The van der Waals surface area contributed by atoms with Gasteiger partial charge >= 0.3 is 0 Å². The van der Waals surface area contributed by atoms with Crippen LogP contribution in [0.2, 0.25) is 0 Å². The average Bonchev–Trinajstić information content (AvgIpc) is 3.89. The number of rotatable bonds is 4. The fraction of sp³-hybridized carbons (Fsp3) is 0. The Morgan fingerprint density at radius 1 is 0.328 bits per heavy atom. The molecule has 0 radical (unpaired) electrons. The minimum absolute atomic E-state index is 0.589. The Bertz CT molecular complexity index is 4260. The standard InChI is InChI=1S/C59H34N4O/c1-2-15-36(16-3-1)57-60-58(47-31-39-19-7-9-21-42(39)45-24-12-13-25-46(45)47)62-59(61-57)56-44-23-11-8-20-40(44)33-53-55(56)49-34-41(27-29-52(49)64-53)63-50-28-26-35-14-6-10-22-43(35)54(50)48-30-37-17-4-5-18-38(37)32-51(48)63/h1-34H. The molecule has 0 fully saturated rings. The van der Waals surface area contributed by atoms with Crippen LogP contribution in [0.5, 0.6) is 0 Å². The van der Waals surface area contributed by atoms with E-state index in [4.69, 9.17) is 19.4 Å². The van der Waals surface area contributed by atoms with Gasteiger partial charge in [0.2, 0.25) is 0 Å². The fourth-order valence-corrected chi connectivity index (χ4v) is 10.3. The lowest BCUT2D eigenvalue weighted by Crippen LogP contribution is -2.01. The Balaban J connectivity index is 1.08. The second-order valence-corrected chi connectivity index (χ2v) is 16.7. The van der Waals surface area contributed by atoms with Gasteiger partial charge in [-0.25, -0.2) is 15.0 Å². The van der Waals surface area contributed by atoms with Crippen molar-refractivity contribution in [2.24, 2.45) is 0 Å². The van der Waals surface area contributed by atoms with Crippen LogP contribution in [-0.2, 0) is 0 Å². The summed E-state index contributed by atoms with van der Waals surface area (Å²) in [5.74, 6) is 1.81. The zero-order valence-electron chi connectivity index (χ0n) is 34.3. The summed E-state index contributed by atoms with van der Waals surface area (Å²) < 4.78 is 9.26. The van der Waals surface area contributed by atoms with Gasteiger partial charge in [0.15, 0.2) is 17.5 Å². The van der Waals surface area contributed by atoms with E-state index in [1.54, 1.807) is 0 Å². The summed E-state index contributed by atoms with van der Waals surface area (Å²) in [4.78, 5) is 16.1. The fourth-order valence-electron chi connectivity index (χ4n) is 10.3. The van der Waals surface area contributed by atoms with E-state index in [-0.39, 0.29) is 0 Å². The number of fused-ring (bicyclic) bond motifs is 13. The molecular weight excluding hydrogens is 781 g/mol. The predicted octanol–water partition coefficient (Wildman–Crippen LogP) is 15.6. The van der Waals surface area contributed by atoms with Gasteiger partial charge in [0.05, 0.1) is 11.0 Å². The number of hydrogen-bond acceptors (Lipinski definition) is 4. The molecule has 0 saturated heterocycles. The van der Waals surface area contributed by atoms with Crippen molar-refractivity contribution < 1.29 is 4.42 Å². The Morgan fingerprint density at radius 2 is 0.953 bits per heavy atom. The lowest BCUT2D eigenvalue weighted by molar-refractivity contribution is 0.669. The van der Waals surface area contributed by atoms with E-state index in [0.717, 1.165) is 82.3 Å². The molecule has 0 saturated carbocycles. The minimum atomic E-state index is 0.589. The monoisotopic (exact) mass is 814 g/mol. The van der Waals surface area contributed by atoms with Crippen LogP contribution >= 0.6 is 0 Å². The van der Waals surface area contributed by atoms with Crippen molar-refractivity contribution in [2.45, 2.75) is 0 Å². The molecule has 0 aliphatic rings. The zero-order chi connectivity index (χ0) is 41.9. The Kier molecular flexibility index (Phi) is 7.33. The van der Waals surface area contributed by atoms with Crippen molar-refractivity contribution in [1.29, 1.82) is 0 Å². The minimum Gasteiger partial charge on any atom is -0.456 e. The highest BCUT2D eigenvalue weighted by Gasteiger charge is 2.23. The summed E-state index contributed by atoms with van der Waals surface area (Å²) in [6.45, 7) is 0. The molecule has 0 spiro atoms. The zero-order valence-corrected chi connectivity index (χ0v) is 34.3. The highest BCUT2D eigenvalue weighted by molar-refractivity contribution is 6.24. The smallest absolute Gasteiger partial charge is 0.165 e. The Hall–Kier alpha value is -8.67. The van der Waals surface area contributed by atoms with Crippen LogP contribution in [0.15, 0.2) is 211 Å². The normalized spacial score (nSPS) is 12.1. The molecule has 3 aromatic heterocycles. The number of nitrogens with zero attached hydrogens (tertiary/aromatic N) is 4. The summed E-state index contributed by atoms with van der Waals surface area (Å²) in [5, 5.41) is 16.0. The summed E-state index contributed by atoms with van der Waals surface area (Å²) in [6.07, 6.45) is 0. The van der Waals surface area contributed by atoms with E-state index in [0.29, 0.717) is 17.5 Å². The van der Waals surface area contributed by atoms with E-state index in [2.05, 4.69) is 193 Å². The molecule has 0 bridgehead atoms. The second kappa shape index (κ2) is 13.4. The Labute approximate surface area is 366 Å². The number of benzene rings is 11. The molecule has 0 aliphatic heterocycles. The van der Waals surface area contributed by atoms with E-state index in [9.17, 15) is 0 Å². The van der Waals surface area contributed by atoms with Crippen molar-refractivity contribution in [3.05, 3.63) is 206 Å². The molecule has 0 N–H and O–H groups in total. The third-order valence-corrected chi connectivity index (χ3v) is 13.1. The van der Waals surface area contributed by atoms with Gasteiger partial charge < -0.3 is 8.98 Å². The maximum Gasteiger partial charge on any atom is 0.165 e. The first kappa shape index (κ1) is 35.0. The summed E-state index contributed by atoms with van der Waals surface area (Å²) in [6, 6.07) is 73.3. The molecule has 0 aliphatic carbocycles. The van der Waals surface area contributed by atoms with Crippen LogP contribution in [0.1, 0.15) is 0 Å². The number of hydrogen-bond donors (Lipinski definition) is 0. The van der Waals surface area contributed by atoms with Crippen LogP contribution in [0.25, 0.3) is 137 Å². The predicted molar refractivity (Wildman–Crippen MR) is 265 cm³/mol. The van der Waals surface area contributed by atoms with Gasteiger partial charge in [-0.2, -0.15) is 0 Å². The van der Waals surface area contributed by atoms with Gasteiger partial charge in [-0.1, -0.05) is 158 Å². The number of aromatic nitrogens is 4. The molecule has 0 atom stereocenters. The quantitative estimate of drug-likeness (QED) is 0.166. The van der Waals surface area contributed by atoms with Crippen LogP contribution in [0.3, 0.4) is 0 Å². The van der Waals surface area contributed by atoms with E-state index in [1.807, 2.05) is 18.2 Å². The summed E-state index contributed by atoms with van der Waals surface area (Å²) >= 11 is 0. The lowest BCUT2D eigenvalue weighted by atomic mass is 9.96. The van der Waals surface area contributed by atoms with Crippen molar-refractivity contribution in [3.63, 3.8) is 0 Å². The first-order valence-electron chi connectivity index (χ1n) is 21.7. The maximum absolute atomic E-state index is 6.84. The third-order valence-electron chi connectivity index (χ3n) is 13.1. The van der Waals surface area contributed by atoms with E-state index < -0.39 is 0 Å². The number of furan rings is 1. The van der Waals surface area contributed by atoms with Gasteiger partial charge in [0.1, 0.15) is 11.2 Å².